The van der Waals surface area contributed by atoms with E-state index in [4.69, 9.17) is 9.72 Å². The molecule has 1 saturated heterocycles. The van der Waals surface area contributed by atoms with E-state index in [2.05, 4.69) is 42.9 Å². The van der Waals surface area contributed by atoms with Gasteiger partial charge in [0.2, 0.25) is 0 Å². The number of rotatable bonds is 3. The zero-order valence-corrected chi connectivity index (χ0v) is 14.2. The van der Waals surface area contributed by atoms with Gasteiger partial charge in [-0.05, 0) is 19.8 Å². The molecule has 0 aromatic carbocycles. The van der Waals surface area contributed by atoms with Crippen LogP contribution < -0.4 is 10.2 Å². The SMILES string of the molecule is CNc1cc(N2CCCC(C)(OC)C2)nc(C(C)(C)C)n1. The van der Waals surface area contributed by atoms with Gasteiger partial charge in [-0.15, -0.1) is 0 Å². The largest absolute Gasteiger partial charge is 0.377 e. The number of piperidine rings is 1. The first kappa shape index (κ1) is 16.0. The highest BCUT2D eigenvalue weighted by atomic mass is 16.5. The molecule has 118 valence electrons. The Labute approximate surface area is 128 Å². The number of hydrogen-bond donors (Lipinski definition) is 1. The maximum Gasteiger partial charge on any atom is 0.138 e. The normalized spacial score (nSPS) is 23.2. The third-order valence-electron chi connectivity index (χ3n) is 4.12. The number of nitrogens with zero attached hydrogens (tertiary/aromatic N) is 3. The van der Waals surface area contributed by atoms with E-state index >= 15 is 0 Å². The zero-order valence-electron chi connectivity index (χ0n) is 14.2. The van der Waals surface area contributed by atoms with E-state index in [1.165, 1.54) is 0 Å². The first-order chi connectivity index (χ1) is 9.77. The maximum atomic E-state index is 5.68. The van der Waals surface area contributed by atoms with Gasteiger partial charge in [0.05, 0.1) is 5.60 Å². The van der Waals surface area contributed by atoms with Crippen LogP contribution in [0.3, 0.4) is 0 Å². The monoisotopic (exact) mass is 292 g/mol. The fourth-order valence-electron chi connectivity index (χ4n) is 2.63. The summed E-state index contributed by atoms with van der Waals surface area (Å²) < 4.78 is 5.68. The van der Waals surface area contributed by atoms with Gasteiger partial charge in [0.25, 0.3) is 0 Å². The molecule has 1 atom stereocenters. The Morgan fingerprint density at radius 3 is 2.62 bits per heavy atom. The van der Waals surface area contributed by atoms with Crippen LogP contribution in [0.1, 0.15) is 46.4 Å². The molecular weight excluding hydrogens is 264 g/mol. The lowest BCUT2D eigenvalue weighted by Gasteiger charge is -2.40. The molecule has 1 aliphatic rings. The van der Waals surface area contributed by atoms with Crippen molar-refractivity contribution in [3.63, 3.8) is 0 Å². The van der Waals surface area contributed by atoms with Crippen LogP contribution in [0.2, 0.25) is 0 Å². The lowest BCUT2D eigenvalue weighted by Crippen LogP contribution is -2.47. The highest BCUT2D eigenvalue weighted by Crippen LogP contribution is 2.29. The Kier molecular flexibility index (Phi) is 4.42. The van der Waals surface area contributed by atoms with Gasteiger partial charge in [0, 0.05) is 38.7 Å². The van der Waals surface area contributed by atoms with Crippen molar-refractivity contribution in [2.75, 3.05) is 37.5 Å². The Hall–Kier alpha value is -1.36. The first-order valence-corrected chi connectivity index (χ1v) is 7.65. The van der Waals surface area contributed by atoms with Crippen LogP contribution in [-0.4, -0.2) is 42.8 Å². The van der Waals surface area contributed by atoms with Gasteiger partial charge in [-0.2, -0.15) is 0 Å². The number of nitrogens with one attached hydrogen (secondary N) is 1. The van der Waals surface area contributed by atoms with Crippen LogP contribution in [0.4, 0.5) is 11.6 Å². The third kappa shape index (κ3) is 3.64. The second-order valence-electron chi connectivity index (χ2n) is 7.11. The highest BCUT2D eigenvalue weighted by Gasteiger charge is 2.32. The molecule has 2 rings (SSSR count). The number of hydrogen-bond acceptors (Lipinski definition) is 5. The minimum Gasteiger partial charge on any atom is -0.377 e. The molecule has 0 saturated carbocycles. The molecule has 1 fully saturated rings. The van der Waals surface area contributed by atoms with Crippen LogP contribution in [-0.2, 0) is 10.2 Å². The van der Waals surface area contributed by atoms with Crippen molar-refractivity contribution < 1.29 is 4.74 Å². The standard InChI is InChI=1S/C16H28N4O/c1-15(2,3)14-18-12(17-5)10-13(19-14)20-9-7-8-16(4,11-20)21-6/h10H,7-9,11H2,1-6H3,(H,17,18,19). The Bertz CT molecular complexity index is 498. The summed E-state index contributed by atoms with van der Waals surface area (Å²) in [5.41, 5.74) is -0.160. The number of ether oxygens (including phenoxy) is 1. The van der Waals surface area contributed by atoms with Gasteiger partial charge in [-0.1, -0.05) is 20.8 Å². The van der Waals surface area contributed by atoms with Gasteiger partial charge < -0.3 is 15.0 Å². The Morgan fingerprint density at radius 2 is 2.05 bits per heavy atom. The van der Waals surface area contributed by atoms with Crippen LogP contribution in [0, 0.1) is 0 Å². The summed E-state index contributed by atoms with van der Waals surface area (Å²) in [6.45, 7) is 10.5. The van der Waals surface area contributed by atoms with Gasteiger partial charge >= 0.3 is 0 Å². The molecular formula is C16H28N4O. The van der Waals surface area contributed by atoms with E-state index in [9.17, 15) is 0 Å². The topological polar surface area (TPSA) is 50.3 Å². The zero-order chi connectivity index (χ0) is 15.7. The van der Waals surface area contributed by atoms with Crippen molar-refractivity contribution in [3.8, 4) is 0 Å². The quantitative estimate of drug-likeness (QED) is 0.928. The lowest BCUT2D eigenvalue weighted by atomic mass is 9.94. The molecule has 0 amide bonds. The molecule has 1 unspecified atom stereocenters. The minimum atomic E-state index is -0.0924. The van der Waals surface area contributed by atoms with Crippen LogP contribution in [0.25, 0.3) is 0 Å². The number of anilines is 2. The predicted molar refractivity (Wildman–Crippen MR) is 87.1 cm³/mol. The summed E-state index contributed by atoms with van der Waals surface area (Å²) in [4.78, 5) is 11.7. The molecule has 0 spiro atoms. The summed E-state index contributed by atoms with van der Waals surface area (Å²) in [5, 5.41) is 3.14. The number of methoxy groups -OCH3 is 1. The molecule has 1 N–H and O–H groups in total. The van der Waals surface area contributed by atoms with E-state index in [0.29, 0.717) is 0 Å². The molecule has 2 heterocycles. The third-order valence-corrected chi connectivity index (χ3v) is 4.12. The molecule has 0 aliphatic carbocycles. The Morgan fingerprint density at radius 1 is 1.33 bits per heavy atom. The van der Waals surface area contributed by atoms with E-state index in [-0.39, 0.29) is 11.0 Å². The fraction of sp³-hybridized carbons (Fsp3) is 0.750. The van der Waals surface area contributed by atoms with E-state index in [1.54, 1.807) is 7.11 Å². The molecule has 1 aromatic heterocycles. The average molecular weight is 292 g/mol. The van der Waals surface area contributed by atoms with Crippen molar-refractivity contribution in [3.05, 3.63) is 11.9 Å². The summed E-state index contributed by atoms with van der Waals surface area (Å²) in [7, 11) is 3.69. The smallest absolute Gasteiger partial charge is 0.138 e. The highest BCUT2D eigenvalue weighted by molar-refractivity contribution is 5.50. The van der Waals surface area contributed by atoms with Gasteiger partial charge in [-0.3, -0.25) is 0 Å². The van der Waals surface area contributed by atoms with Crippen molar-refractivity contribution in [1.82, 2.24) is 9.97 Å². The molecule has 21 heavy (non-hydrogen) atoms. The van der Waals surface area contributed by atoms with Crippen molar-refractivity contribution in [2.45, 2.75) is 51.6 Å². The Balaban J connectivity index is 2.34. The number of aromatic nitrogens is 2. The molecule has 0 radical (unpaired) electrons. The molecule has 1 aliphatic heterocycles. The van der Waals surface area contributed by atoms with Crippen LogP contribution in [0.15, 0.2) is 6.07 Å². The summed E-state index contributed by atoms with van der Waals surface area (Å²) in [6, 6.07) is 2.02. The second kappa shape index (κ2) is 5.79. The molecule has 5 heteroatoms. The maximum absolute atomic E-state index is 5.68. The van der Waals surface area contributed by atoms with Crippen molar-refractivity contribution in [2.24, 2.45) is 0 Å². The van der Waals surface area contributed by atoms with E-state index in [0.717, 1.165) is 43.4 Å². The van der Waals surface area contributed by atoms with Gasteiger partial charge in [0.15, 0.2) is 0 Å². The van der Waals surface area contributed by atoms with Crippen molar-refractivity contribution >= 4 is 11.6 Å². The van der Waals surface area contributed by atoms with Gasteiger partial charge in [0.1, 0.15) is 17.5 Å². The summed E-state index contributed by atoms with van der Waals surface area (Å²) >= 11 is 0. The van der Waals surface area contributed by atoms with Gasteiger partial charge in [-0.25, -0.2) is 9.97 Å². The van der Waals surface area contributed by atoms with Crippen molar-refractivity contribution in [1.29, 1.82) is 0 Å². The van der Waals surface area contributed by atoms with E-state index in [1.807, 2.05) is 13.1 Å². The van der Waals surface area contributed by atoms with E-state index < -0.39 is 0 Å². The molecule has 1 aromatic rings. The molecule has 5 nitrogen and oxygen atoms in total. The fourth-order valence-corrected chi connectivity index (χ4v) is 2.63. The molecule has 0 bridgehead atoms. The predicted octanol–water partition coefficient (Wildman–Crippen LogP) is 2.82. The minimum absolute atomic E-state index is 0.0675. The second-order valence-corrected chi connectivity index (χ2v) is 7.11. The average Bonchev–Trinajstić information content (AvgIpc) is 2.46. The summed E-state index contributed by atoms with van der Waals surface area (Å²) in [5.74, 6) is 2.73. The van der Waals surface area contributed by atoms with Crippen LogP contribution >= 0.6 is 0 Å². The van der Waals surface area contributed by atoms with Crippen LogP contribution in [0.5, 0.6) is 0 Å². The first-order valence-electron chi connectivity index (χ1n) is 7.65. The lowest BCUT2D eigenvalue weighted by molar-refractivity contribution is -0.00482. The summed E-state index contributed by atoms with van der Waals surface area (Å²) in [6.07, 6.45) is 2.21.